The molecule has 3 nitrogen and oxygen atoms in total. The van der Waals surface area contributed by atoms with Crippen LogP contribution in [0.5, 0.6) is 0 Å². The summed E-state index contributed by atoms with van der Waals surface area (Å²) >= 11 is 0. The van der Waals surface area contributed by atoms with E-state index in [0.717, 1.165) is 18.5 Å². The van der Waals surface area contributed by atoms with Gasteiger partial charge in [0.05, 0.1) is 5.56 Å². The van der Waals surface area contributed by atoms with Gasteiger partial charge < -0.3 is 5.32 Å². The Morgan fingerprint density at radius 1 is 1.16 bits per heavy atom. The van der Waals surface area contributed by atoms with Crippen molar-refractivity contribution >= 4 is 5.82 Å². The molecule has 0 fully saturated rings. The molecule has 0 radical (unpaired) electrons. The molecule has 1 aliphatic rings. The number of nitriles is 1. The first-order valence-electron chi connectivity index (χ1n) is 6.47. The van der Waals surface area contributed by atoms with E-state index in [1.807, 2.05) is 19.1 Å². The van der Waals surface area contributed by atoms with Crippen molar-refractivity contribution < 1.29 is 0 Å². The normalized spacial score (nSPS) is 13.9. The van der Waals surface area contributed by atoms with Gasteiger partial charge in [0.25, 0.3) is 0 Å². The van der Waals surface area contributed by atoms with Gasteiger partial charge in [-0.25, -0.2) is 4.98 Å². The molecule has 1 aliphatic carbocycles. The van der Waals surface area contributed by atoms with Gasteiger partial charge in [0, 0.05) is 11.7 Å². The maximum Gasteiger partial charge on any atom is 0.144 e. The van der Waals surface area contributed by atoms with Crippen LogP contribution in [0.25, 0.3) is 0 Å². The Kier molecular flexibility index (Phi) is 2.92. The van der Waals surface area contributed by atoms with E-state index >= 15 is 0 Å². The summed E-state index contributed by atoms with van der Waals surface area (Å²) in [5.74, 6) is 0.709. The Morgan fingerprint density at radius 2 is 1.84 bits per heavy atom. The third kappa shape index (κ3) is 2.30. The Labute approximate surface area is 112 Å². The van der Waals surface area contributed by atoms with E-state index in [4.69, 9.17) is 5.26 Å². The minimum absolute atomic E-state index is 0.332. The van der Waals surface area contributed by atoms with E-state index in [0.29, 0.717) is 17.4 Å². The lowest BCUT2D eigenvalue weighted by atomic mass is 10.1. The molecule has 0 amide bonds. The van der Waals surface area contributed by atoms with E-state index < -0.39 is 0 Å². The van der Waals surface area contributed by atoms with Gasteiger partial charge in [0.15, 0.2) is 0 Å². The zero-order chi connectivity index (χ0) is 13.2. The van der Waals surface area contributed by atoms with Crippen LogP contribution in [-0.2, 0) is 12.8 Å². The predicted molar refractivity (Wildman–Crippen MR) is 74.9 cm³/mol. The molecule has 94 valence electrons. The molecule has 0 aliphatic heterocycles. The molecule has 0 unspecified atom stereocenters. The highest BCUT2D eigenvalue weighted by atomic mass is 15.0. The Morgan fingerprint density at radius 3 is 2.47 bits per heavy atom. The van der Waals surface area contributed by atoms with Crippen LogP contribution in [0.1, 0.15) is 22.4 Å². The first-order valence-corrected chi connectivity index (χ1v) is 6.47. The van der Waals surface area contributed by atoms with Crippen molar-refractivity contribution in [3.63, 3.8) is 0 Å². The first kappa shape index (κ1) is 11.7. The van der Waals surface area contributed by atoms with Crippen molar-refractivity contribution in [3.8, 4) is 6.07 Å². The maximum absolute atomic E-state index is 9.13. The number of nitrogens with zero attached hydrogens (tertiary/aromatic N) is 2. The number of fused-ring (bicyclic) bond motifs is 1. The third-order valence-electron chi connectivity index (χ3n) is 3.55. The van der Waals surface area contributed by atoms with Crippen LogP contribution >= 0.6 is 0 Å². The summed E-state index contributed by atoms with van der Waals surface area (Å²) in [6, 6.07) is 14.7. The highest BCUT2D eigenvalue weighted by molar-refractivity contribution is 5.53. The average molecular weight is 249 g/mol. The van der Waals surface area contributed by atoms with Gasteiger partial charge in [-0.05, 0) is 43.0 Å². The highest BCUT2D eigenvalue weighted by Gasteiger charge is 2.21. The maximum atomic E-state index is 9.13. The van der Waals surface area contributed by atoms with Gasteiger partial charge in [-0.15, -0.1) is 0 Å². The van der Waals surface area contributed by atoms with Gasteiger partial charge in [-0.3, -0.25) is 0 Å². The molecule has 2 aromatic rings. The fourth-order valence-corrected chi connectivity index (χ4v) is 2.61. The number of hydrogen-bond donors (Lipinski definition) is 1. The molecule has 19 heavy (non-hydrogen) atoms. The molecular weight excluding hydrogens is 234 g/mol. The van der Waals surface area contributed by atoms with Crippen molar-refractivity contribution in [1.82, 2.24) is 4.98 Å². The topological polar surface area (TPSA) is 48.7 Å². The van der Waals surface area contributed by atoms with Crippen LogP contribution in [0.15, 0.2) is 36.4 Å². The molecule has 3 heteroatoms. The van der Waals surface area contributed by atoms with E-state index in [2.05, 4.69) is 40.6 Å². The average Bonchev–Trinajstić information content (AvgIpc) is 2.81. The SMILES string of the molecule is Cc1ccc(C#N)c(NC2Cc3ccccc3C2)n1. The molecule has 1 aromatic heterocycles. The number of nitrogens with one attached hydrogen (secondary N) is 1. The number of hydrogen-bond acceptors (Lipinski definition) is 3. The summed E-state index contributed by atoms with van der Waals surface area (Å²) in [7, 11) is 0. The Bertz CT molecular complexity index is 630. The molecule has 0 atom stereocenters. The van der Waals surface area contributed by atoms with Crippen LogP contribution in [-0.4, -0.2) is 11.0 Å². The number of aromatic nitrogens is 1. The summed E-state index contributed by atoms with van der Waals surface area (Å²) in [5.41, 5.74) is 4.33. The summed E-state index contributed by atoms with van der Waals surface area (Å²) < 4.78 is 0. The number of benzene rings is 1. The summed E-state index contributed by atoms with van der Waals surface area (Å²) in [5, 5.41) is 12.5. The zero-order valence-corrected chi connectivity index (χ0v) is 10.9. The van der Waals surface area contributed by atoms with E-state index in [9.17, 15) is 0 Å². The van der Waals surface area contributed by atoms with Gasteiger partial charge in [0.2, 0.25) is 0 Å². The minimum Gasteiger partial charge on any atom is -0.366 e. The van der Waals surface area contributed by atoms with Crippen molar-refractivity contribution in [1.29, 1.82) is 5.26 Å². The highest BCUT2D eigenvalue weighted by Crippen LogP contribution is 2.25. The predicted octanol–water partition coefficient (Wildman–Crippen LogP) is 2.84. The van der Waals surface area contributed by atoms with Gasteiger partial charge in [-0.1, -0.05) is 24.3 Å². The van der Waals surface area contributed by atoms with Crippen molar-refractivity contribution in [3.05, 3.63) is 58.8 Å². The van der Waals surface area contributed by atoms with Gasteiger partial charge >= 0.3 is 0 Å². The molecule has 1 heterocycles. The number of rotatable bonds is 2. The van der Waals surface area contributed by atoms with Crippen LogP contribution < -0.4 is 5.32 Å². The van der Waals surface area contributed by atoms with E-state index in [-0.39, 0.29) is 0 Å². The van der Waals surface area contributed by atoms with Crippen molar-refractivity contribution in [2.45, 2.75) is 25.8 Å². The summed E-state index contributed by atoms with van der Waals surface area (Å²) in [4.78, 5) is 4.44. The fourth-order valence-electron chi connectivity index (χ4n) is 2.61. The number of anilines is 1. The second-order valence-corrected chi connectivity index (χ2v) is 4.98. The summed E-state index contributed by atoms with van der Waals surface area (Å²) in [6.45, 7) is 1.94. The molecule has 1 N–H and O–H groups in total. The lowest BCUT2D eigenvalue weighted by Crippen LogP contribution is -2.21. The number of aryl methyl sites for hydroxylation is 1. The van der Waals surface area contributed by atoms with Crippen LogP contribution in [0.3, 0.4) is 0 Å². The standard InChI is InChI=1S/C16H15N3/c1-11-6-7-14(10-17)16(18-11)19-15-8-12-4-2-3-5-13(12)9-15/h2-7,15H,8-9H2,1H3,(H,18,19). The Hall–Kier alpha value is -2.34. The fraction of sp³-hybridized carbons (Fsp3) is 0.250. The molecular formula is C16H15N3. The monoisotopic (exact) mass is 249 g/mol. The molecule has 1 aromatic carbocycles. The van der Waals surface area contributed by atoms with Gasteiger partial charge in [-0.2, -0.15) is 5.26 Å². The van der Waals surface area contributed by atoms with E-state index in [1.165, 1.54) is 11.1 Å². The van der Waals surface area contributed by atoms with Crippen LogP contribution in [0.4, 0.5) is 5.82 Å². The molecule has 0 spiro atoms. The lowest BCUT2D eigenvalue weighted by molar-refractivity contribution is 0.767. The van der Waals surface area contributed by atoms with Crippen molar-refractivity contribution in [2.24, 2.45) is 0 Å². The molecule has 0 saturated heterocycles. The molecule has 0 bridgehead atoms. The van der Waals surface area contributed by atoms with Crippen molar-refractivity contribution in [2.75, 3.05) is 5.32 Å². The lowest BCUT2D eigenvalue weighted by Gasteiger charge is -2.14. The van der Waals surface area contributed by atoms with Crippen LogP contribution in [0, 0.1) is 18.3 Å². The second kappa shape index (κ2) is 4.74. The quantitative estimate of drug-likeness (QED) is 0.890. The number of pyridine rings is 1. The minimum atomic E-state index is 0.332. The van der Waals surface area contributed by atoms with Crippen LogP contribution in [0.2, 0.25) is 0 Å². The smallest absolute Gasteiger partial charge is 0.144 e. The second-order valence-electron chi connectivity index (χ2n) is 4.98. The summed E-state index contributed by atoms with van der Waals surface area (Å²) in [6.07, 6.45) is 1.99. The largest absolute Gasteiger partial charge is 0.366 e. The van der Waals surface area contributed by atoms with E-state index in [1.54, 1.807) is 0 Å². The molecule has 3 rings (SSSR count). The van der Waals surface area contributed by atoms with Gasteiger partial charge in [0.1, 0.15) is 11.9 Å². The Balaban J connectivity index is 1.81. The first-order chi connectivity index (χ1) is 9.26. The third-order valence-corrected chi connectivity index (χ3v) is 3.55. The zero-order valence-electron chi connectivity index (χ0n) is 10.9. The molecule has 0 saturated carbocycles.